The Morgan fingerprint density at radius 3 is 2.92 bits per heavy atom. The van der Waals surface area contributed by atoms with E-state index < -0.39 is 0 Å². The number of rotatable bonds is 2. The van der Waals surface area contributed by atoms with E-state index in [9.17, 15) is 4.79 Å². The van der Waals surface area contributed by atoms with Gasteiger partial charge < -0.3 is 0 Å². The highest BCUT2D eigenvalue weighted by Crippen LogP contribution is 1.98. The molecule has 1 rings (SSSR count). The number of aryl methyl sites for hydroxylation is 2. The van der Waals surface area contributed by atoms with E-state index in [1.165, 1.54) is 0 Å². The lowest BCUT2D eigenvalue weighted by Crippen LogP contribution is -2.35. The molecule has 1 aromatic heterocycles. The lowest BCUT2D eigenvalue weighted by Gasteiger charge is -1.83. The van der Waals surface area contributed by atoms with Crippen molar-refractivity contribution in [3.8, 4) is 6.07 Å². The van der Waals surface area contributed by atoms with Gasteiger partial charge in [-0.2, -0.15) is 9.94 Å². The van der Waals surface area contributed by atoms with Gasteiger partial charge in [0.15, 0.2) is 12.8 Å². The Morgan fingerprint density at radius 1 is 1.83 bits per heavy atom. The summed E-state index contributed by atoms with van der Waals surface area (Å²) in [5, 5.41) is 8.29. The van der Waals surface area contributed by atoms with Crippen LogP contribution in [0.15, 0.2) is 12.4 Å². The number of carbonyl (C=O) groups excluding carboxylic acids is 1. The zero-order valence-corrected chi connectivity index (χ0v) is 7.11. The van der Waals surface area contributed by atoms with Gasteiger partial charge in [-0.1, -0.05) is 0 Å². The zero-order valence-electron chi connectivity index (χ0n) is 7.11. The Labute approximate surface area is 70.6 Å². The van der Waals surface area contributed by atoms with Crippen molar-refractivity contribution in [1.82, 2.24) is 4.68 Å². The zero-order chi connectivity index (χ0) is 9.14. The first-order valence-corrected chi connectivity index (χ1v) is 3.57. The van der Waals surface area contributed by atoms with Crippen LogP contribution in [0, 0.1) is 11.3 Å². The van der Waals surface area contributed by atoms with Gasteiger partial charge in [-0.25, -0.2) is 0 Å². The fourth-order valence-electron chi connectivity index (χ4n) is 0.936. The van der Waals surface area contributed by atoms with Crippen LogP contribution < -0.4 is 4.68 Å². The minimum Gasteiger partial charge on any atom is -0.293 e. The SMILES string of the molecule is Cn1cc(C(=O)CC#N)c[n+]1C. The van der Waals surface area contributed by atoms with Crippen molar-refractivity contribution in [2.24, 2.45) is 14.1 Å². The van der Waals surface area contributed by atoms with E-state index in [1.54, 1.807) is 21.8 Å². The lowest BCUT2D eigenvalue weighted by molar-refractivity contribution is -0.751. The molecule has 0 aliphatic rings. The molecule has 0 bridgehead atoms. The molecule has 12 heavy (non-hydrogen) atoms. The fourth-order valence-corrected chi connectivity index (χ4v) is 0.936. The Hall–Kier alpha value is -1.63. The Bertz CT molecular complexity index is 326. The number of hydrogen-bond acceptors (Lipinski definition) is 2. The molecular formula is C8H10N3O+. The molecule has 0 spiro atoms. The number of hydrogen-bond donors (Lipinski definition) is 0. The van der Waals surface area contributed by atoms with Crippen molar-refractivity contribution in [3.05, 3.63) is 18.0 Å². The molecule has 0 saturated heterocycles. The monoisotopic (exact) mass is 164 g/mol. The third kappa shape index (κ3) is 1.51. The molecule has 0 amide bonds. The maximum absolute atomic E-state index is 11.2. The summed E-state index contributed by atoms with van der Waals surface area (Å²) in [6.45, 7) is 0. The average Bonchev–Trinajstić information content (AvgIpc) is 2.33. The number of nitriles is 1. The summed E-state index contributed by atoms with van der Waals surface area (Å²) in [6.07, 6.45) is 3.36. The van der Waals surface area contributed by atoms with Crippen LogP contribution in [0.2, 0.25) is 0 Å². The topological polar surface area (TPSA) is 49.7 Å². The van der Waals surface area contributed by atoms with E-state index in [0.29, 0.717) is 5.56 Å². The van der Waals surface area contributed by atoms with Gasteiger partial charge in [-0.3, -0.25) is 4.79 Å². The number of ketones is 1. The first kappa shape index (κ1) is 8.47. The molecule has 0 saturated carbocycles. The summed E-state index contributed by atoms with van der Waals surface area (Å²) in [5.41, 5.74) is 0.585. The van der Waals surface area contributed by atoms with Crippen LogP contribution in [-0.4, -0.2) is 10.5 Å². The molecule has 4 heteroatoms. The van der Waals surface area contributed by atoms with Gasteiger partial charge in [0.05, 0.1) is 25.7 Å². The summed E-state index contributed by atoms with van der Waals surface area (Å²) in [5.74, 6) is -0.131. The summed E-state index contributed by atoms with van der Waals surface area (Å²) in [6, 6.07) is 1.83. The molecule has 0 atom stereocenters. The van der Waals surface area contributed by atoms with Crippen molar-refractivity contribution in [1.29, 1.82) is 5.26 Å². The van der Waals surface area contributed by atoms with Crippen molar-refractivity contribution >= 4 is 5.78 Å². The normalized spacial score (nSPS) is 9.42. The van der Waals surface area contributed by atoms with Gasteiger partial charge in [0.25, 0.3) is 0 Å². The van der Waals surface area contributed by atoms with E-state index >= 15 is 0 Å². The van der Waals surface area contributed by atoms with Gasteiger partial charge in [-0.15, -0.1) is 4.68 Å². The Balaban J connectivity index is 2.91. The Morgan fingerprint density at radius 2 is 2.50 bits per heavy atom. The molecule has 0 aromatic carbocycles. The standard InChI is InChI=1S/C8H10N3O/c1-10-5-7(6-11(10)2)8(12)3-4-9/h5-6H,3H2,1-2H3/q+1. The van der Waals surface area contributed by atoms with E-state index in [-0.39, 0.29) is 12.2 Å². The number of carbonyl (C=O) groups is 1. The predicted molar refractivity (Wildman–Crippen MR) is 41.1 cm³/mol. The summed E-state index contributed by atoms with van der Waals surface area (Å²) >= 11 is 0. The molecule has 0 N–H and O–H groups in total. The molecule has 4 nitrogen and oxygen atoms in total. The van der Waals surface area contributed by atoms with Gasteiger partial charge in [0.2, 0.25) is 6.20 Å². The number of aromatic nitrogens is 2. The van der Waals surface area contributed by atoms with E-state index in [4.69, 9.17) is 5.26 Å². The summed E-state index contributed by atoms with van der Waals surface area (Å²) in [4.78, 5) is 11.2. The van der Waals surface area contributed by atoms with Crippen LogP contribution in [0.5, 0.6) is 0 Å². The lowest BCUT2D eigenvalue weighted by atomic mass is 10.2. The molecule has 0 unspecified atom stereocenters. The van der Waals surface area contributed by atoms with Gasteiger partial charge in [0.1, 0.15) is 5.56 Å². The third-order valence-corrected chi connectivity index (χ3v) is 1.71. The molecule has 0 fully saturated rings. The van der Waals surface area contributed by atoms with Crippen LogP contribution >= 0.6 is 0 Å². The van der Waals surface area contributed by atoms with Crippen molar-refractivity contribution in [2.75, 3.05) is 0 Å². The number of Topliss-reactive ketones (excluding diaryl/α,β-unsaturated/α-hetero) is 1. The molecular weight excluding hydrogens is 154 g/mol. The van der Waals surface area contributed by atoms with Gasteiger partial charge >= 0.3 is 0 Å². The van der Waals surface area contributed by atoms with Crippen LogP contribution in [0.3, 0.4) is 0 Å². The smallest absolute Gasteiger partial charge is 0.206 e. The van der Waals surface area contributed by atoms with E-state index in [2.05, 4.69) is 0 Å². The van der Waals surface area contributed by atoms with Crippen LogP contribution in [-0.2, 0) is 14.1 Å². The van der Waals surface area contributed by atoms with E-state index in [0.717, 1.165) is 0 Å². The summed E-state index contributed by atoms with van der Waals surface area (Å²) < 4.78 is 3.56. The maximum atomic E-state index is 11.2. The van der Waals surface area contributed by atoms with E-state index in [1.807, 2.05) is 20.2 Å². The van der Waals surface area contributed by atoms with Crippen molar-refractivity contribution in [2.45, 2.75) is 6.42 Å². The second kappa shape index (κ2) is 3.18. The first-order valence-electron chi connectivity index (χ1n) is 3.57. The largest absolute Gasteiger partial charge is 0.293 e. The molecule has 0 aliphatic heterocycles. The Kier molecular flexibility index (Phi) is 2.24. The number of nitrogens with zero attached hydrogens (tertiary/aromatic N) is 3. The van der Waals surface area contributed by atoms with Gasteiger partial charge in [0, 0.05) is 0 Å². The second-order valence-corrected chi connectivity index (χ2v) is 2.62. The second-order valence-electron chi connectivity index (χ2n) is 2.62. The van der Waals surface area contributed by atoms with Crippen LogP contribution in [0.25, 0.3) is 0 Å². The molecule has 1 heterocycles. The third-order valence-electron chi connectivity index (χ3n) is 1.71. The summed E-state index contributed by atoms with van der Waals surface area (Å²) in [7, 11) is 3.67. The molecule has 0 radical (unpaired) electrons. The van der Waals surface area contributed by atoms with Crippen molar-refractivity contribution < 1.29 is 9.48 Å². The van der Waals surface area contributed by atoms with Crippen LogP contribution in [0.4, 0.5) is 0 Å². The minimum atomic E-state index is -0.131. The minimum absolute atomic E-state index is 0.0516. The quantitative estimate of drug-likeness (QED) is 0.454. The highest BCUT2D eigenvalue weighted by molar-refractivity contribution is 5.96. The molecule has 1 aromatic rings. The van der Waals surface area contributed by atoms with Gasteiger partial charge in [-0.05, 0) is 0 Å². The molecule has 0 aliphatic carbocycles. The molecule has 62 valence electrons. The maximum Gasteiger partial charge on any atom is 0.206 e. The van der Waals surface area contributed by atoms with Crippen LogP contribution in [0.1, 0.15) is 16.8 Å². The predicted octanol–water partition coefficient (Wildman–Crippen LogP) is -0.0540. The highest BCUT2D eigenvalue weighted by atomic mass is 16.1. The first-order chi connectivity index (χ1) is 5.65. The van der Waals surface area contributed by atoms with Crippen molar-refractivity contribution in [3.63, 3.8) is 0 Å². The highest BCUT2D eigenvalue weighted by Gasteiger charge is 2.12. The average molecular weight is 164 g/mol. The fraction of sp³-hybridized carbons (Fsp3) is 0.375.